The molecule has 0 radical (unpaired) electrons. The molecule has 2 N–H and O–H groups in total. The molecule has 2 aliphatic heterocycles. The van der Waals surface area contributed by atoms with Crippen molar-refractivity contribution in [3.05, 3.63) is 34.9 Å². The number of hydrogen-bond donors (Lipinski definition) is 2. The summed E-state index contributed by atoms with van der Waals surface area (Å²) in [5.41, 5.74) is 0.764. The first-order valence-corrected chi connectivity index (χ1v) is 12.9. The molecule has 0 unspecified atom stereocenters. The number of ether oxygens (including phenoxy) is 1. The van der Waals surface area contributed by atoms with E-state index < -0.39 is 11.5 Å². The number of hydrogen-bond acceptors (Lipinski definition) is 4. The van der Waals surface area contributed by atoms with Crippen LogP contribution in [0.2, 0.25) is 5.02 Å². The second-order valence-electron chi connectivity index (χ2n) is 9.74. The third-order valence-corrected chi connectivity index (χ3v) is 7.57. The zero-order chi connectivity index (χ0) is 23.7. The van der Waals surface area contributed by atoms with Crippen molar-refractivity contribution in [3.63, 3.8) is 0 Å². The molecule has 1 spiro atoms. The number of likely N-dealkylation sites (tertiary alicyclic amines) is 1. The van der Waals surface area contributed by atoms with Crippen LogP contribution in [0.25, 0.3) is 0 Å². The molecule has 1 aromatic rings. The highest BCUT2D eigenvalue weighted by atomic mass is 35.5. The molecule has 0 aromatic heterocycles. The Morgan fingerprint density at radius 2 is 1.91 bits per heavy atom. The maximum absolute atomic E-state index is 13.7. The van der Waals surface area contributed by atoms with Gasteiger partial charge in [-0.1, -0.05) is 50.4 Å². The van der Waals surface area contributed by atoms with E-state index in [4.69, 9.17) is 16.3 Å². The number of nitrogens with zero attached hydrogens (tertiary/aromatic N) is 1. The lowest BCUT2D eigenvalue weighted by Crippen LogP contribution is -2.56. The Morgan fingerprint density at radius 3 is 2.64 bits per heavy atom. The average molecular weight is 478 g/mol. The third-order valence-electron chi connectivity index (χ3n) is 7.33. The van der Waals surface area contributed by atoms with Crippen molar-refractivity contribution in [3.8, 4) is 0 Å². The lowest BCUT2D eigenvalue weighted by molar-refractivity contribution is -0.139. The summed E-state index contributed by atoms with van der Waals surface area (Å²) in [7, 11) is 0. The predicted octanol–water partition coefficient (Wildman–Crippen LogP) is 4.16. The quantitative estimate of drug-likeness (QED) is 0.683. The first-order valence-electron chi connectivity index (χ1n) is 12.6. The van der Waals surface area contributed by atoms with Crippen molar-refractivity contribution in [2.75, 3.05) is 32.8 Å². The van der Waals surface area contributed by atoms with E-state index in [9.17, 15) is 9.59 Å². The van der Waals surface area contributed by atoms with E-state index in [2.05, 4.69) is 28.5 Å². The molecule has 2 atom stereocenters. The van der Waals surface area contributed by atoms with Gasteiger partial charge in [-0.25, -0.2) is 0 Å². The van der Waals surface area contributed by atoms with E-state index in [-0.39, 0.29) is 17.7 Å². The topological polar surface area (TPSA) is 70.7 Å². The number of nitrogens with one attached hydrogen (secondary N) is 2. The molecule has 7 heteroatoms. The fraction of sp³-hybridized carbons (Fsp3) is 0.692. The molecule has 0 bridgehead atoms. The summed E-state index contributed by atoms with van der Waals surface area (Å²) >= 11 is 6.16. The summed E-state index contributed by atoms with van der Waals surface area (Å²) in [6.07, 6.45) is 5.98. The van der Waals surface area contributed by atoms with Crippen LogP contribution in [0.5, 0.6) is 0 Å². The zero-order valence-electron chi connectivity index (χ0n) is 20.2. The van der Waals surface area contributed by atoms with Crippen molar-refractivity contribution < 1.29 is 14.3 Å². The molecule has 0 aliphatic carbocycles. The number of benzene rings is 1. The maximum Gasteiger partial charge on any atom is 0.242 e. The van der Waals surface area contributed by atoms with Gasteiger partial charge >= 0.3 is 0 Å². The van der Waals surface area contributed by atoms with Gasteiger partial charge in [0.1, 0.15) is 6.04 Å². The van der Waals surface area contributed by atoms with Gasteiger partial charge in [-0.15, -0.1) is 0 Å². The highest BCUT2D eigenvalue weighted by Crippen LogP contribution is 2.38. The van der Waals surface area contributed by atoms with Crippen molar-refractivity contribution in [2.45, 2.75) is 71.4 Å². The molecule has 184 valence electrons. The summed E-state index contributed by atoms with van der Waals surface area (Å²) in [5, 5.41) is 6.94. The summed E-state index contributed by atoms with van der Waals surface area (Å²) < 4.78 is 5.73. The van der Waals surface area contributed by atoms with Gasteiger partial charge in [0, 0.05) is 31.3 Å². The van der Waals surface area contributed by atoms with E-state index in [0.29, 0.717) is 19.8 Å². The Hall–Kier alpha value is -1.63. The average Bonchev–Trinajstić information content (AvgIpc) is 2.81. The molecule has 1 aromatic carbocycles. The van der Waals surface area contributed by atoms with Gasteiger partial charge in [0.15, 0.2) is 0 Å². The van der Waals surface area contributed by atoms with Crippen LogP contribution in [0, 0.1) is 11.3 Å². The molecule has 3 rings (SSSR count). The van der Waals surface area contributed by atoms with Gasteiger partial charge in [-0.3, -0.25) is 14.5 Å². The van der Waals surface area contributed by atoms with Crippen LogP contribution in [0.15, 0.2) is 24.3 Å². The minimum absolute atomic E-state index is 0.0448. The van der Waals surface area contributed by atoms with E-state index in [1.807, 2.05) is 25.1 Å². The Balaban J connectivity index is 1.71. The Bertz CT molecular complexity index is 780. The molecule has 2 amide bonds. The van der Waals surface area contributed by atoms with Crippen molar-refractivity contribution in [1.82, 2.24) is 15.5 Å². The summed E-state index contributed by atoms with van der Waals surface area (Å²) in [6, 6.07) is 7.49. The van der Waals surface area contributed by atoms with Crippen molar-refractivity contribution in [1.29, 1.82) is 0 Å². The van der Waals surface area contributed by atoms with Crippen LogP contribution in [0.1, 0.15) is 64.4 Å². The molecule has 2 aliphatic rings. The highest BCUT2D eigenvalue weighted by molar-refractivity contribution is 6.30. The van der Waals surface area contributed by atoms with Gasteiger partial charge in [0.25, 0.3) is 0 Å². The van der Waals surface area contributed by atoms with E-state index in [1.54, 1.807) is 0 Å². The molecular weight excluding hydrogens is 438 g/mol. The highest BCUT2D eigenvalue weighted by Gasteiger charge is 2.42. The van der Waals surface area contributed by atoms with E-state index in [1.165, 1.54) is 5.56 Å². The van der Waals surface area contributed by atoms with Gasteiger partial charge < -0.3 is 15.4 Å². The fourth-order valence-corrected chi connectivity index (χ4v) is 5.10. The van der Waals surface area contributed by atoms with Gasteiger partial charge in [-0.05, 0) is 68.8 Å². The largest absolute Gasteiger partial charge is 0.381 e. The van der Waals surface area contributed by atoms with Gasteiger partial charge in [0.2, 0.25) is 11.8 Å². The first kappa shape index (κ1) is 26.0. The third kappa shape index (κ3) is 7.43. The van der Waals surface area contributed by atoms with Crippen LogP contribution in [0.3, 0.4) is 0 Å². The maximum atomic E-state index is 13.7. The van der Waals surface area contributed by atoms with E-state index in [0.717, 1.165) is 69.6 Å². The standard InChI is InChI=1S/C26H40ClN3O3/c1-3-20(2)23-24(31)28-13-7-17-33-16-5-4-10-26(25(32)29-23)11-14-30(15-12-26)19-21-8-6-9-22(27)18-21/h6,8-9,18,20,23H,3-5,7,10-17,19H2,1-2H3,(H,28,31)(H,29,32)/t20-,23-/m0/s1. The summed E-state index contributed by atoms with van der Waals surface area (Å²) in [6.45, 7) is 8.60. The Morgan fingerprint density at radius 1 is 1.15 bits per heavy atom. The number of halogens is 1. The second-order valence-corrected chi connectivity index (χ2v) is 10.2. The molecule has 2 heterocycles. The minimum Gasteiger partial charge on any atom is -0.381 e. The number of carbonyl (C=O) groups excluding carboxylic acids is 2. The smallest absolute Gasteiger partial charge is 0.242 e. The number of rotatable bonds is 4. The van der Waals surface area contributed by atoms with Crippen LogP contribution in [-0.4, -0.2) is 55.6 Å². The molecule has 33 heavy (non-hydrogen) atoms. The molecular formula is C26H40ClN3O3. The SMILES string of the molecule is CC[C@H](C)[C@@H]1NC(=O)C2(CCCCOCCCNC1=O)CCN(Cc1cccc(Cl)c1)CC2. The lowest BCUT2D eigenvalue weighted by atomic mass is 9.73. The van der Waals surface area contributed by atoms with Crippen LogP contribution in [0.4, 0.5) is 0 Å². The fourth-order valence-electron chi connectivity index (χ4n) is 4.88. The van der Waals surface area contributed by atoms with Crippen molar-refractivity contribution >= 4 is 23.4 Å². The predicted molar refractivity (Wildman–Crippen MR) is 132 cm³/mol. The normalized spacial score (nSPS) is 24.5. The van der Waals surface area contributed by atoms with Gasteiger partial charge in [0.05, 0.1) is 5.41 Å². The Labute approximate surface area is 203 Å². The number of piperidine rings is 1. The zero-order valence-corrected chi connectivity index (χ0v) is 21.0. The van der Waals surface area contributed by atoms with Crippen LogP contribution >= 0.6 is 11.6 Å². The summed E-state index contributed by atoms with van der Waals surface area (Å²) in [4.78, 5) is 29.0. The molecule has 2 saturated heterocycles. The minimum atomic E-state index is -0.493. The molecule has 6 nitrogen and oxygen atoms in total. The second kappa shape index (κ2) is 12.7. The summed E-state index contributed by atoms with van der Waals surface area (Å²) in [5.74, 6) is 0.0460. The lowest BCUT2D eigenvalue weighted by Gasteiger charge is -2.42. The monoisotopic (exact) mass is 477 g/mol. The molecule has 0 saturated carbocycles. The van der Waals surface area contributed by atoms with E-state index >= 15 is 0 Å². The Kier molecular flexibility index (Phi) is 10.0. The first-order chi connectivity index (χ1) is 15.9. The van der Waals surface area contributed by atoms with Crippen LogP contribution in [-0.2, 0) is 20.9 Å². The molecule has 2 fully saturated rings. The van der Waals surface area contributed by atoms with Crippen molar-refractivity contribution in [2.24, 2.45) is 11.3 Å². The van der Waals surface area contributed by atoms with Crippen LogP contribution < -0.4 is 10.6 Å². The number of carbonyl (C=O) groups is 2. The van der Waals surface area contributed by atoms with Gasteiger partial charge in [-0.2, -0.15) is 0 Å². The number of amides is 2.